The van der Waals surface area contributed by atoms with Crippen LogP contribution in [0.1, 0.15) is 30.0 Å². The molecule has 0 aliphatic carbocycles. The fourth-order valence-electron chi connectivity index (χ4n) is 1.64. The van der Waals surface area contributed by atoms with Gasteiger partial charge in [0.2, 0.25) is 0 Å². The molecule has 1 aromatic heterocycles. The summed E-state index contributed by atoms with van der Waals surface area (Å²) in [6.45, 7) is 5.72. The number of nitrogens with one attached hydrogen (secondary N) is 1. The molecule has 0 saturated carbocycles. The van der Waals surface area contributed by atoms with Gasteiger partial charge in [-0.25, -0.2) is 5.10 Å². The summed E-state index contributed by atoms with van der Waals surface area (Å²) in [5.41, 5.74) is 1.95. The van der Waals surface area contributed by atoms with Crippen molar-refractivity contribution in [2.24, 2.45) is 0 Å². The Hall–Kier alpha value is -1.33. The van der Waals surface area contributed by atoms with Crippen LogP contribution in [-0.2, 0) is 0 Å². The molecule has 1 N–H and O–H groups in total. The van der Waals surface area contributed by atoms with E-state index in [0.717, 1.165) is 21.9 Å². The van der Waals surface area contributed by atoms with E-state index in [-0.39, 0.29) is 10.9 Å². The van der Waals surface area contributed by atoms with Crippen molar-refractivity contribution in [3.63, 3.8) is 0 Å². The first kappa shape index (κ1) is 13.1. The number of hydrogen-bond donors (Lipinski definition) is 1. The normalized spacial score (nSPS) is 12.4. The Morgan fingerprint density at radius 2 is 2.00 bits per heavy atom. The first-order chi connectivity index (χ1) is 8.47. The van der Waals surface area contributed by atoms with Crippen molar-refractivity contribution in [1.82, 2.24) is 10.2 Å². The van der Waals surface area contributed by atoms with Gasteiger partial charge in [0.15, 0.2) is 6.10 Å². The lowest BCUT2D eigenvalue weighted by Crippen LogP contribution is -2.04. The van der Waals surface area contributed by atoms with Crippen LogP contribution in [-0.4, -0.2) is 10.2 Å². The maximum atomic E-state index is 6.10. The third-order valence-electron chi connectivity index (χ3n) is 2.53. The standard InChI is InChI=1S/C12H13ClN2O2S/c1-6-4-9(5-7(2)10(6)13)16-8(3)11-14-15-12(18)17-11/h4-5,8H,1-3H3,(H,15,18). The summed E-state index contributed by atoms with van der Waals surface area (Å²) in [4.78, 5) is 0.240. The number of aryl methyl sites for hydroxylation is 2. The Balaban J connectivity index is 2.21. The van der Waals surface area contributed by atoms with Crippen LogP contribution in [0.2, 0.25) is 5.02 Å². The van der Waals surface area contributed by atoms with Gasteiger partial charge in [0.25, 0.3) is 10.7 Å². The largest absolute Gasteiger partial charge is 0.481 e. The van der Waals surface area contributed by atoms with E-state index < -0.39 is 0 Å². The summed E-state index contributed by atoms with van der Waals surface area (Å²) in [5, 5.41) is 7.25. The number of halogens is 1. The maximum absolute atomic E-state index is 6.10. The average molecular weight is 285 g/mol. The van der Waals surface area contributed by atoms with Crippen LogP contribution < -0.4 is 4.74 Å². The number of nitrogens with zero attached hydrogens (tertiary/aromatic N) is 1. The summed E-state index contributed by atoms with van der Waals surface area (Å²) in [6, 6.07) is 3.76. The fraction of sp³-hybridized carbons (Fsp3) is 0.333. The molecule has 0 radical (unpaired) electrons. The molecule has 0 saturated heterocycles. The second-order valence-corrected chi connectivity index (χ2v) is 4.83. The van der Waals surface area contributed by atoms with Crippen LogP contribution in [0.25, 0.3) is 0 Å². The topological polar surface area (TPSA) is 51.0 Å². The van der Waals surface area contributed by atoms with Crippen LogP contribution in [0.15, 0.2) is 16.5 Å². The average Bonchev–Trinajstić information content (AvgIpc) is 2.72. The Kier molecular flexibility index (Phi) is 3.73. The van der Waals surface area contributed by atoms with Gasteiger partial charge in [0.05, 0.1) is 0 Å². The van der Waals surface area contributed by atoms with Crippen molar-refractivity contribution >= 4 is 23.8 Å². The highest BCUT2D eigenvalue weighted by molar-refractivity contribution is 7.71. The highest BCUT2D eigenvalue weighted by Crippen LogP contribution is 2.28. The van der Waals surface area contributed by atoms with E-state index in [1.807, 2.05) is 32.9 Å². The Morgan fingerprint density at radius 3 is 2.50 bits per heavy atom. The molecule has 0 spiro atoms. The second kappa shape index (κ2) is 5.12. The summed E-state index contributed by atoms with van der Waals surface area (Å²) < 4.78 is 10.9. The van der Waals surface area contributed by atoms with Gasteiger partial charge in [-0.05, 0) is 56.2 Å². The molecule has 96 valence electrons. The Bertz CT molecular complexity index is 598. The van der Waals surface area contributed by atoms with E-state index in [2.05, 4.69) is 10.2 Å². The maximum Gasteiger partial charge on any atom is 0.284 e. The zero-order valence-corrected chi connectivity index (χ0v) is 11.9. The third-order valence-corrected chi connectivity index (χ3v) is 3.30. The summed E-state index contributed by atoms with van der Waals surface area (Å²) in [5.74, 6) is 1.15. The van der Waals surface area contributed by atoms with Crippen LogP contribution >= 0.6 is 23.8 Å². The molecule has 1 aromatic carbocycles. The highest BCUT2D eigenvalue weighted by atomic mass is 35.5. The molecule has 6 heteroatoms. The quantitative estimate of drug-likeness (QED) is 0.861. The molecule has 2 rings (SSSR count). The molecule has 2 aromatic rings. The molecule has 1 unspecified atom stereocenters. The summed E-state index contributed by atoms with van der Waals surface area (Å²) in [6.07, 6.45) is -0.321. The number of benzene rings is 1. The van der Waals surface area contributed by atoms with Crippen LogP contribution in [0.3, 0.4) is 0 Å². The van der Waals surface area contributed by atoms with E-state index in [0.29, 0.717) is 5.89 Å². The lowest BCUT2D eigenvalue weighted by molar-refractivity contribution is 0.187. The van der Waals surface area contributed by atoms with Gasteiger partial charge in [0.1, 0.15) is 5.75 Å². The van der Waals surface area contributed by atoms with Gasteiger partial charge in [-0.1, -0.05) is 11.6 Å². The minimum absolute atomic E-state index is 0.240. The first-order valence-electron chi connectivity index (χ1n) is 5.46. The lowest BCUT2D eigenvalue weighted by Gasteiger charge is -2.13. The number of ether oxygens (including phenoxy) is 1. The smallest absolute Gasteiger partial charge is 0.284 e. The SMILES string of the molecule is Cc1cc(OC(C)c2n[nH]c(=S)o2)cc(C)c1Cl. The van der Waals surface area contributed by atoms with E-state index in [4.69, 9.17) is 33.0 Å². The molecule has 4 nitrogen and oxygen atoms in total. The minimum Gasteiger partial charge on any atom is -0.481 e. The van der Waals surface area contributed by atoms with Gasteiger partial charge in [0, 0.05) is 5.02 Å². The molecule has 1 atom stereocenters. The molecule has 0 bridgehead atoms. The zero-order valence-electron chi connectivity index (χ0n) is 10.3. The van der Waals surface area contributed by atoms with Gasteiger partial charge < -0.3 is 9.15 Å². The van der Waals surface area contributed by atoms with Crippen molar-refractivity contribution in [2.75, 3.05) is 0 Å². The molecule has 0 amide bonds. The number of aromatic amines is 1. The van der Waals surface area contributed by atoms with Gasteiger partial charge in [-0.2, -0.15) is 0 Å². The Labute approximate surface area is 115 Å². The third kappa shape index (κ3) is 2.73. The molecule has 18 heavy (non-hydrogen) atoms. The number of H-pyrrole nitrogens is 1. The van der Waals surface area contributed by atoms with Crippen molar-refractivity contribution in [3.8, 4) is 5.75 Å². The predicted molar refractivity (Wildman–Crippen MR) is 71.7 cm³/mol. The molecule has 0 aliphatic rings. The molecule has 1 heterocycles. The molecule has 0 fully saturated rings. The van der Waals surface area contributed by atoms with E-state index in [1.165, 1.54) is 0 Å². The minimum atomic E-state index is -0.321. The monoisotopic (exact) mass is 284 g/mol. The number of rotatable bonds is 3. The summed E-state index contributed by atoms with van der Waals surface area (Å²) in [7, 11) is 0. The fourth-order valence-corrected chi connectivity index (χ4v) is 1.88. The van der Waals surface area contributed by atoms with Crippen LogP contribution in [0, 0.1) is 18.7 Å². The van der Waals surface area contributed by atoms with Crippen molar-refractivity contribution in [1.29, 1.82) is 0 Å². The molecule has 0 aliphatic heterocycles. The van der Waals surface area contributed by atoms with Crippen molar-refractivity contribution in [2.45, 2.75) is 26.9 Å². The molecular weight excluding hydrogens is 272 g/mol. The van der Waals surface area contributed by atoms with Crippen molar-refractivity contribution in [3.05, 3.63) is 39.0 Å². The number of hydrogen-bond acceptors (Lipinski definition) is 4. The first-order valence-corrected chi connectivity index (χ1v) is 6.25. The highest BCUT2D eigenvalue weighted by Gasteiger charge is 2.14. The summed E-state index contributed by atoms with van der Waals surface area (Å²) >= 11 is 10.9. The van der Waals surface area contributed by atoms with Gasteiger partial charge in [-0.15, -0.1) is 5.10 Å². The predicted octanol–water partition coefficient (Wildman–Crippen LogP) is 4.14. The van der Waals surface area contributed by atoms with Gasteiger partial charge >= 0.3 is 0 Å². The molecular formula is C12H13ClN2O2S. The van der Waals surface area contributed by atoms with E-state index >= 15 is 0 Å². The van der Waals surface area contributed by atoms with Crippen LogP contribution in [0.4, 0.5) is 0 Å². The van der Waals surface area contributed by atoms with E-state index in [1.54, 1.807) is 0 Å². The van der Waals surface area contributed by atoms with Crippen molar-refractivity contribution < 1.29 is 9.15 Å². The van der Waals surface area contributed by atoms with E-state index in [9.17, 15) is 0 Å². The Morgan fingerprint density at radius 1 is 1.39 bits per heavy atom. The van der Waals surface area contributed by atoms with Crippen LogP contribution in [0.5, 0.6) is 5.75 Å². The second-order valence-electron chi connectivity index (χ2n) is 4.08. The van der Waals surface area contributed by atoms with Gasteiger partial charge in [-0.3, -0.25) is 0 Å². The zero-order chi connectivity index (χ0) is 13.3. The lowest BCUT2D eigenvalue weighted by atomic mass is 10.1. The number of aromatic nitrogens is 2.